The van der Waals surface area contributed by atoms with Crippen LogP contribution in [0, 0.1) is 10.1 Å². The number of alkyl halides is 3. The van der Waals surface area contributed by atoms with Crippen LogP contribution in [0.5, 0.6) is 0 Å². The normalized spacial score (nSPS) is 12.1. The number of hydrogen-bond donors (Lipinski definition) is 1. The minimum Gasteiger partial charge on any atom is -0.467 e. The maximum atomic E-state index is 12.9. The highest BCUT2D eigenvalue weighted by Crippen LogP contribution is 2.29. The molecule has 0 heterocycles. The minimum absolute atomic E-state index is 0.186. The molecule has 10 heteroatoms. The first-order valence-corrected chi connectivity index (χ1v) is 8.37. The van der Waals surface area contributed by atoms with Crippen LogP contribution in [0.25, 0.3) is 0 Å². The van der Waals surface area contributed by atoms with E-state index in [2.05, 4.69) is 10.1 Å². The van der Waals surface area contributed by atoms with Crippen LogP contribution in [0.2, 0.25) is 0 Å². The summed E-state index contributed by atoms with van der Waals surface area (Å²) in [6.45, 7) is 0. The lowest BCUT2D eigenvalue weighted by Gasteiger charge is -2.17. The molecule has 0 bridgehead atoms. The average molecular weight is 410 g/mol. The second-order valence-electron chi connectivity index (χ2n) is 6.15. The van der Waals surface area contributed by atoms with E-state index in [0.717, 1.165) is 19.2 Å². The smallest absolute Gasteiger partial charge is 0.416 e. The predicted octanol–water partition coefficient (Wildman–Crippen LogP) is 3.06. The Morgan fingerprint density at radius 1 is 1.14 bits per heavy atom. The number of carbonyl (C=O) groups excluding carboxylic acids is 2. The number of rotatable bonds is 7. The van der Waals surface area contributed by atoms with E-state index >= 15 is 0 Å². The molecule has 0 spiro atoms. The van der Waals surface area contributed by atoms with Crippen molar-refractivity contribution < 1.29 is 32.4 Å². The van der Waals surface area contributed by atoms with E-state index in [1.807, 2.05) is 0 Å². The number of hydrogen-bond acceptors (Lipinski definition) is 5. The summed E-state index contributed by atoms with van der Waals surface area (Å²) in [5.74, 6) is -1.46. The van der Waals surface area contributed by atoms with Crippen molar-refractivity contribution in [1.82, 2.24) is 5.32 Å². The highest BCUT2D eigenvalue weighted by molar-refractivity contribution is 5.85. The lowest BCUT2D eigenvalue weighted by atomic mass is 10.0. The number of nitrogens with one attached hydrogen (secondary N) is 1. The molecule has 0 saturated carbocycles. The molecule has 0 aliphatic carbocycles. The molecule has 1 amide bonds. The monoisotopic (exact) mass is 410 g/mol. The molecule has 0 unspecified atom stereocenters. The summed E-state index contributed by atoms with van der Waals surface area (Å²) in [5.41, 5.74) is -0.532. The number of nitro groups is 1. The van der Waals surface area contributed by atoms with Crippen LogP contribution in [-0.2, 0) is 33.3 Å². The topological polar surface area (TPSA) is 98.5 Å². The molecule has 154 valence electrons. The molecule has 0 aliphatic heterocycles. The zero-order valence-corrected chi connectivity index (χ0v) is 15.2. The van der Waals surface area contributed by atoms with E-state index < -0.39 is 34.6 Å². The summed E-state index contributed by atoms with van der Waals surface area (Å²) in [6, 6.07) is 8.60. The van der Waals surface area contributed by atoms with Gasteiger partial charge in [0.15, 0.2) is 0 Å². The molecule has 2 rings (SSSR count). The number of halogens is 3. The number of ether oxygens (including phenoxy) is 1. The largest absolute Gasteiger partial charge is 0.467 e. The van der Waals surface area contributed by atoms with Gasteiger partial charge in [0.1, 0.15) is 6.04 Å². The van der Waals surface area contributed by atoms with Gasteiger partial charge in [0.25, 0.3) is 5.69 Å². The number of non-ortho nitro benzene ring substituents is 1. The highest BCUT2D eigenvalue weighted by Gasteiger charge is 2.31. The first-order valence-electron chi connectivity index (χ1n) is 8.37. The van der Waals surface area contributed by atoms with Gasteiger partial charge in [-0.15, -0.1) is 0 Å². The SMILES string of the molecule is COC(=O)[C@@H](Cc1cccc(C(F)(F)F)c1)NC(=O)Cc1cccc([N+](=O)[O-])c1. The molecular formula is C19H17F3N2O5. The van der Waals surface area contributed by atoms with Gasteiger partial charge in [-0.25, -0.2) is 4.79 Å². The summed E-state index contributed by atoms with van der Waals surface area (Å²) in [5, 5.41) is 13.2. The fraction of sp³-hybridized carbons (Fsp3) is 0.263. The highest BCUT2D eigenvalue weighted by atomic mass is 19.4. The Kier molecular flexibility index (Phi) is 6.92. The summed E-state index contributed by atoms with van der Waals surface area (Å²) in [6.07, 6.45) is -5.00. The van der Waals surface area contributed by atoms with Gasteiger partial charge < -0.3 is 10.1 Å². The number of esters is 1. The van der Waals surface area contributed by atoms with Crippen LogP contribution in [0.3, 0.4) is 0 Å². The Balaban J connectivity index is 2.13. The molecule has 0 aromatic heterocycles. The zero-order chi connectivity index (χ0) is 21.6. The van der Waals surface area contributed by atoms with Crippen LogP contribution < -0.4 is 5.32 Å². The van der Waals surface area contributed by atoms with E-state index in [0.29, 0.717) is 5.56 Å². The lowest BCUT2D eigenvalue weighted by molar-refractivity contribution is -0.384. The van der Waals surface area contributed by atoms with Crippen molar-refractivity contribution in [3.8, 4) is 0 Å². The second-order valence-corrected chi connectivity index (χ2v) is 6.15. The van der Waals surface area contributed by atoms with E-state index in [9.17, 15) is 32.9 Å². The first-order chi connectivity index (χ1) is 13.6. The van der Waals surface area contributed by atoms with Gasteiger partial charge in [-0.3, -0.25) is 14.9 Å². The zero-order valence-electron chi connectivity index (χ0n) is 15.2. The molecule has 2 aromatic rings. The standard InChI is InChI=1S/C19H17F3N2O5/c1-29-18(26)16(10-12-4-2-6-14(8-12)19(20,21)22)23-17(25)11-13-5-3-7-15(9-13)24(27)28/h2-9,16H,10-11H2,1H3,(H,23,25)/t16-/m1/s1. The van der Waals surface area contributed by atoms with Gasteiger partial charge in [0.05, 0.1) is 24.0 Å². The maximum absolute atomic E-state index is 12.9. The van der Waals surface area contributed by atoms with E-state index in [1.165, 1.54) is 36.4 Å². The number of nitro benzene ring substituents is 1. The fourth-order valence-corrected chi connectivity index (χ4v) is 2.66. The first kappa shape index (κ1) is 21.9. The van der Waals surface area contributed by atoms with Crippen molar-refractivity contribution in [1.29, 1.82) is 0 Å². The van der Waals surface area contributed by atoms with Crippen molar-refractivity contribution in [2.45, 2.75) is 25.1 Å². The molecule has 1 N–H and O–H groups in total. The third-order valence-electron chi connectivity index (χ3n) is 4.00. The fourth-order valence-electron chi connectivity index (χ4n) is 2.66. The van der Waals surface area contributed by atoms with Gasteiger partial charge in [-0.2, -0.15) is 13.2 Å². The molecule has 1 atom stereocenters. The van der Waals surface area contributed by atoms with Gasteiger partial charge >= 0.3 is 12.1 Å². The molecule has 2 aromatic carbocycles. The number of methoxy groups -OCH3 is 1. The Bertz CT molecular complexity index is 915. The number of nitrogens with zero attached hydrogens (tertiary/aromatic N) is 1. The number of benzene rings is 2. The molecule has 29 heavy (non-hydrogen) atoms. The van der Waals surface area contributed by atoms with Crippen molar-refractivity contribution in [2.75, 3.05) is 7.11 Å². The second kappa shape index (κ2) is 9.18. The third-order valence-corrected chi connectivity index (χ3v) is 4.00. The van der Waals surface area contributed by atoms with Gasteiger partial charge in [-0.05, 0) is 17.2 Å². The van der Waals surface area contributed by atoms with Crippen LogP contribution >= 0.6 is 0 Å². The molecule has 0 aliphatic rings. The van der Waals surface area contributed by atoms with Crippen LogP contribution in [0.1, 0.15) is 16.7 Å². The minimum atomic E-state index is -4.54. The van der Waals surface area contributed by atoms with Gasteiger partial charge in [0, 0.05) is 18.6 Å². The molecule has 0 radical (unpaired) electrons. The van der Waals surface area contributed by atoms with E-state index in [1.54, 1.807) is 0 Å². The van der Waals surface area contributed by atoms with Crippen LogP contribution in [-0.4, -0.2) is 30.0 Å². The summed E-state index contributed by atoms with van der Waals surface area (Å²) in [4.78, 5) is 34.5. The van der Waals surface area contributed by atoms with Crippen molar-refractivity contribution >= 4 is 17.6 Å². The van der Waals surface area contributed by atoms with E-state index in [4.69, 9.17) is 0 Å². The lowest BCUT2D eigenvalue weighted by Crippen LogP contribution is -2.43. The Labute approximate surface area is 163 Å². The number of amides is 1. The Morgan fingerprint density at radius 2 is 1.79 bits per heavy atom. The maximum Gasteiger partial charge on any atom is 0.416 e. The van der Waals surface area contributed by atoms with Gasteiger partial charge in [0.2, 0.25) is 5.91 Å². The van der Waals surface area contributed by atoms with Gasteiger partial charge in [-0.1, -0.05) is 30.3 Å². The molecular weight excluding hydrogens is 393 g/mol. The third kappa shape index (κ3) is 6.30. The summed E-state index contributed by atoms with van der Waals surface area (Å²) in [7, 11) is 1.09. The molecule has 0 fully saturated rings. The summed E-state index contributed by atoms with van der Waals surface area (Å²) >= 11 is 0. The van der Waals surface area contributed by atoms with Crippen molar-refractivity contribution in [3.05, 3.63) is 75.3 Å². The predicted molar refractivity (Wildman–Crippen MR) is 95.9 cm³/mol. The Hall–Kier alpha value is -3.43. The molecule has 7 nitrogen and oxygen atoms in total. The summed E-state index contributed by atoms with van der Waals surface area (Å²) < 4.78 is 43.2. The molecule has 0 saturated heterocycles. The number of carbonyl (C=O) groups is 2. The van der Waals surface area contributed by atoms with Crippen molar-refractivity contribution in [2.24, 2.45) is 0 Å². The average Bonchev–Trinajstić information content (AvgIpc) is 2.66. The van der Waals surface area contributed by atoms with Crippen LogP contribution in [0.15, 0.2) is 48.5 Å². The van der Waals surface area contributed by atoms with Crippen molar-refractivity contribution in [3.63, 3.8) is 0 Å². The van der Waals surface area contributed by atoms with Crippen LogP contribution in [0.4, 0.5) is 18.9 Å². The Morgan fingerprint density at radius 3 is 2.41 bits per heavy atom. The van der Waals surface area contributed by atoms with E-state index in [-0.39, 0.29) is 24.1 Å². The quantitative estimate of drug-likeness (QED) is 0.430.